The van der Waals surface area contributed by atoms with Gasteiger partial charge < -0.3 is 14.8 Å². The summed E-state index contributed by atoms with van der Waals surface area (Å²) in [5.74, 6) is 0.213. The van der Waals surface area contributed by atoms with E-state index in [1.54, 1.807) is 12.1 Å². The molecule has 0 fully saturated rings. The first-order valence-corrected chi connectivity index (χ1v) is 7.62. The van der Waals surface area contributed by atoms with Crippen LogP contribution in [0.15, 0.2) is 42.0 Å². The Bertz CT molecular complexity index is 981. The minimum Gasteiger partial charge on any atom is -0.454 e. The topological polar surface area (TPSA) is 114 Å². The highest BCUT2D eigenvalue weighted by atomic mass is 35.5. The smallest absolute Gasteiger partial charge is 0.271 e. The summed E-state index contributed by atoms with van der Waals surface area (Å²) in [5.41, 5.74) is 0.199. The molecule has 0 spiro atoms. The zero-order valence-electron chi connectivity index (χ0n) is 13.1. The van der Waals surface area contributed by atoms with Crippen LogP contribution in [0.1, 0.15) is 5.56 Å². The van der Waals surface area contributed by atoms with E-state index in [2.05, 4.69) is 5.32 Å². The molecule has 1 aliphatic heterocycles. The Hall–Kier alpha value is -3.57. The number of non-ortho nitro benzene ring substituents is 1. The Kier molecular flexibility index (Phi) is 4.73. The van der Waals surface area contributed by atoms with Crippen molar-refractivity contribution in [2.75, 3.05) is 12.1 Å². The number of amides is 1. The quantitative estimate of drug-likeness (QED) is 0.380. The van der Waals surface area contributed by atoms with Crippen LogP contribution in [-0.2, 0) is 4.79 Å². The fraction of sp³-hybridized carbons (Fsp3) is 0.0588. The van der Waals surface area contributed by atoms with Gasteiger partial charge in [0.15, 0.2) is 11.5 Å². The summed E-state index contributed by atoms with van der Waals surface area (Å²) in [6, 6.07) is 10.3. The number of carbonyl (C=O) groups excluding carboxylic acids is 1. The van der Waals surface area contributed by atoms with Gasteiger partial charge in [0.25, 0.3) is 11.6 Å². The molecule has 130 valence electrons. The van der Waals surface area contributed by atoms with Crippen LogP contribution in [0.25, 0.3) is 6.08 Å². The molecule has 0 bridgehead atoms. The third-order valence-electron chi connectivity index (χ3n) is 3.47. The normalized spacial score (nSPS) is 12.4. The zero-order chi connectivity index (χ0) is 18.7. The molecule has 0 saturated carbocycles. The number of nitrogens with one attached hydrogen (secondary N) is 1. The molecule has 26 heavy (non-hydrogen) atoms. The maximum Gasteiger partial charge on any atom is 0.271 e. The molecule has 8 nitrogen and oxygen atoms in total. The van der Waals surface area contributed by atoms with Crippen molar-refractivity contribution in [3.8, 4) is 17.6 Å². The van der Waals surface area contributed by atoms with E-state index in [9.17, 15) is 20.2 Å². The van der Waals surface area contributed by atoms with Crippen molar-refractivity contribution >= 4 is 35.0 Å². The van der Waals surface area contributed by atoms with Gasteiger partial charge in [-0.2, -0.15) is 5.26 Å². The molecule has 1 N–H and O–H groups in total. The number of hydrogen-bond acceptors (Lipinski definition) is 6. The van der Waals surface area contributed by atoms with Crippen LogP contribution >= 0.6 is 11.6 Å². The summed E-state index contributed by atoms with van der Waals surface area (Å²) in [7, 11) is 0. The predicted octanol–water partition coefficient (Wildman–Crippen LogP) is 3.52. The molecule has 0 saturated heterocycles. The van der Waals surface area contributed by atoms with E-state index in [1.165, 1.54) is 36.4 Å². The summed E-state index contributed by atoms with van der Waals surface area (Å²) in [6.45, 7) is 0.0667. The Morgan fingerprint density at radius 3 is 2.73 bits per heavy atom. The molecule has 2 aromatic rings. The lowest BCUT2D eigenvalue weighted by atomic mass is 10.1. The molecule has 1 aliphatic rings. The van der Waals surface area contributed by atoms with Gasteiger partial charge in [-0.3, -0.25) is 14.9 Å². The van der Waals surface area contributed by atoms with Gasteiger partial charge in [0.1, 0.15) is 11.6 Å². The Labute approximate surface area is 152 Å². The summed E-state index contributed by atoms with van der Waals surface area (Å²) in [4.78, 5) is 22.5. The number of nitro benzene ring substituents is 1. The van der Waals surface area contributed by atoms with Crippen molar-refractivity contribution in [2.45, 2.75) is 0 Å². The maximum absolute atomic E-state index is 12.3. The lowest BCUT2D eigenvalue weighted by molar-refractivity contribution is -0.384. The van der Waals surface area contributed by atoms with Gasteiger partial charge in [-0.1, -0.05) is 17.7 Å². The monoisotopic (exact) mass is 371 g/mol. The standard InChI is InChI=1S/C17H10ClN3O5/c18-14-7-16-15(25-9-26-16)5-10(14)4-11(8-19)17(22)20-12-2-1-3-13(6-12)21(23)24/h1-7H,9H2,(H,20,22)/b11-4+. The molecular weight excluding hydrogens is 362 g/mol. The molecule has 2 aromatic carbocycles. The van der Waals surface area contributed by atoms with Crippen LogP contribution in [0.5, 0.6) is 11.5 Å². The number of halogens is 1. The summed E-state index contributed by atoms with van der Waals surface area (Å²) >= 11 is 6.13. The van der Waals surface area contributed by atoms with Gasteiger partial charge in [-0.15, -0.1) is 0 Å². The Morgan fingerprint density at radius 1 is 1.31 bits per heavy atom. The minimum absolute atomic E-state index is 0.0667. The molecule has 0 atom stereocenters. The first kappa shape index (κ1) is 17.3. The number of nitrogens with zero attached hydrogens (tertiary/aromatic N) is 2. The van der Waals surface area contributed by atoms with E-state index in [0.717, 1.165) is 0 Å². The van der Waals surface area contributed by atoms with Crippen molar-refractivity contribution < 1.29 is 19.2 Å². The van der Waals surface area contributed by atoms with E-state index < -0.39 is 10.8 Å². The van der Waals surface area contributed by atoms with Crippen LogP contribution < -0.4 is 14.8 Å². The first-order valence-electron chi connectivity index (χ1n) is 7.24. The number of carbonyl (C=O) groups is 1. The van der Waals surface area contributed by atoms with Crippen LogP contribution in [-0.4, -0.2) is 17.6 Å². The van der Waals surface area contributed by atoms with E-state index in [-0.39, 0.29) is 28.8 Å². The van der Waals surface area contributed by atoms with Crippen LogP contribution in [0.2, 0.25) is 5.02 Å². The predicted molar refractivity (Wildman–Crippen MR) is 92.9 cm³/mol. The number of benzene rings is 2. The van der Waals surface area contributed by atoms with Gasteiger partial charge in [-0.25, -0.2) is 0 Å². The van der Waals surface area contributed by atoms with Crippen molar-refractivity contribution in [2.24, 2.45) is 0 Å². The van der Waals surface area contributed by atoms with Gasteiger partial charge in [0.05, 0.1) is 9.95 Å². The Balaban J connectivity index is 1.86. The lowest BCUT2D eigenvalue weighted by Crippen LogP contribution is -2.13. The average Bonchev–Trinajstić information content (AvgIpc) is 3.06. The van der Waals surface area contributed by atoms with Crippen molar-refractivity contribution in [1.29, 1.82) is 5.26 Å². The van der Waals surface area contributed by atoms with Crippen molar-refractivity contribution in [3.05, 3.63) is 62.7 Å². The number of rotatable bonds is 4. The fourth-order valence-corrected chi connectivity index (χ4v) is 2.45. The zero-order valence-corrected chi connectivity index (χ0v) is 13.8. The molecule has 3 rings (SSSR count). The summed E-state index contributed by atoms with van der Waals surface area (Å²) in [6.07, 6.45) is 1.30. The largest absolute Gasteiger partial charge is 0.454 e. The minimum atomic E-state index is -0.721. The molecule has 0 aliphatic carbocycles. The van der Waals surface area contributed by atoms with Gasteiger partial charge in [0, 0.05) is 23.9 Å². The van der Waals surface area contributed by atoms with Gasteiger partial charge in [-0.05, 0) is 23.8 Å². The first-order chi connectivity index (χ1) is 12.5. The molecule has 1 amide bonds. The second-order valence-electron chi connectivity index (χ2n) is 5.16. The van der Waals surface area contributed by atoms with Crippen molar-refractivity contribution in [1.82, 2.24) is 0 Å². The van der Waals surface area contributed by atoms with E-state index >= 15 is 0 Å². The molecule has 0 aromatic heterocycles. The lowest BCUT2D eigenvalue weighted by Gasteiger charge is -2.05. The fourth-order valence-electron chi connectivity index (χ4n) is 2.24. The number of nitriles is 1. The highest BCUT2D eigenvalue weighted by Gasteiger charge is 2.18. The van der Waals surface area contributed by atoms with Crippen LogP contribution in [0, 0.1) is 21.4 Å². The highest BCUT2D eigenvalue weighted by Crippen LogP contribution is 2.37. The molecular formula is C17H10ClN3O5. The average molecular weight is 372 g/mol. The summed E-state index contributed by atoms with van der Waals surface area (Å²) in [5, 5.41) is 22.8. The highest BCUT2D eigenvalue weighted by molar-refractivity contribution is 6.32. The van der Waals surface area contributed by atoms with E-state index in [0.29, 0.717) is 17.1 Å². The van der Waals surface area contributed by atoms with Crippen LogP contribution in [0.3, 0.4) is 0 Å². The van der Waals surface area contributed by atoms with Gasteiger partial charge >= 0.3 is 0 Å². The SMILES string of the molecule is N#C/C(=C\c1cc2c(cc1Cl)OCO2)C(=O)Nc1cccc([N+](=O)[O-])c1. The Morgan fingerprint density at radius 2 is 2.04 bits per heavy atom. The number of anilines is 1. The van der Waals surface area contributed by atoms with Gasteiger partial charge in [0.2, 0.25) is 6.79 Å². The maximum atomic E-state index is 12.3. The molecule has 9 heteroatoms. The third kappa shape index (κ3) is 3.58. The molecule has 1 heterocycles. The second-order valence-corrected chi connectivity index (χ2v) is 5.57. The summed E-state index contributed by atoms with van der Waals surface area (Å²) < 4.78 is 10.4. The number of fused-ring (bicyclic) bond motifs is 1. The molecule has 0 unspecified atom stereocenters. The third-order valence-corrected chi connectivity index (χ3v) is 3.80. The van der Waals surface area contributed by atoms with E-state index in [1.807, 2.05) is 0 Å². The van der Waals surface area contributed by atoms with Crippen molar-refractivity contribution in [3.63, 3.8) is 0 Å². The second kappa shape index (κ2) is 7.13. The number of ether oxygens (including phenoxy) is 2. The molecule has 0 radical (unpaired) electrons. The number of nitro groups is 1. The van der Waals surface area contributed by atoms with E-state index in [4.69, 9.17) is 21.1 Å². The number of hydrogen-bond donors (Lipinski definition) is 1. The van der Waals surface area contributed by atoms with Crippen LogP contribution in [0.4, 0.5) is 11.4 Å².